The van der Waals surface area contributed by atoms with E-state index in [1.807, 2.05) is 6.07 Å². The molecule has 0 nitrogen and oxygen atoms in total. The second-order valence-corrected chi connectivity index (χ2v) is 2.53. The molecule has 0 bridgehead atoms. The molecule has 0 heteroatoms. The highest BCUT2D eigenvalue weighted by Crippen LogP contribution is 2.15. The van der Waals surface area contributed by atoms with E-state index < -0.39 is 0 Å². The van der Waals surface area contributed by atoms with Gasteiger partial charge in [-0.15, -0.1) is 0 Å². The van der Waals surface area contributed by atoms with E-state index in [1.54, 1.807) is 0 Å². The second kappa shape index (κ2) is 3.40. The molecule has 0 N–H and O–H groups in total. The van der Waals surface area contributed by atoms with Gasteiger partial charge < -0.3 is 0 Å². The van der Waals surface area contributed by atoms with Crippen LogP contribution in [0.5, 0.6) is 0 Å². The van der Waals surface area contributed by atoms with E-state index in [9.17, 15) is 0 Å². The first-order chi connectivity index (χ1) is 4.84. The Kier molecular flexibility index (Phi) is 2.49. The molecule has 1 atom stereocenters. The van der Waals surface area contributed by atoms with Crippen LogP contribution in [0.25, 0.3) is 0 Å². The van der Waals surface area contributed by atoms with Gasteiger partial charge in [0, 0.05) is 0 Å². The van der Waals surface area contributed by atoms with Gasteiger partial charge in [-0.3, -0.25) is 0 Å². The normalized spacial score (nSPS) is 13.0. The SMILES string of the molecule is C[CH][C@H](C)c1ccccc1. The summed E-state index contributed by atoms with van der Waals surface area (Å²) in [6, 6.07) is 10.5. The lowest BCUT2D eigenvalue weighted by Gasteiger charge is -2.06. The molecule has 0 heterocycles. The van der Waals surface area contributed by atoms with Crippen molar-refractivity contribution in [3.05, 3.63) is 42.3 Å². The fourth-order valence-electron chi connectivity index (χ4n) is 0.949. The molecular formula is C10H13. The smallest absolute Gasteiger partial charge is 0.0162 e. The van der Waals surface area contributed by atoms with Crippen molar-refractivity contribution in [3.63, 3.8) is 0 Å². The Bertz CT molecular complexity index is 176. The van der Waals surface area contributed by atoms with Crippen LogP contribution in [0.4, 0.5) is 0 Å². The van der Waals surface area contributed by atoms with Crippen LogP contribution in [0.1, 0.15) is 25.3 Å². The Morgan fingerprint density at radius 1 is 1.20 bits per heavy atom. The predicted molar refractivity (Wildman–Crippen MR) is 44.8 cm³/mol. The number of rotatable bonds is 2. The van der Waals surface area contributed by atoms with E-state index in [2.05, 4.69) is 44.5 Å². The largest absolute Gasteiger partial charge is 0.0622 e. The fraction of sp³-hybridized carbons (Fsp3) is 0.300. The molecule has 0 fully saturated rings. The highest BCUT2D eigenvalue weighted by Gasteiger charge is 1.99. The van der Waals surface area contributed by atoms with Gasteiger partial charge in [0.05, 0.1) is 0 Å². The summed E-state index contributed by atoms with van der Waals surface area (Å²) in [6.45, 7) is 4.30. The van der Waals surface area contributed by atoms with Gasteiger partial charge in [0.1, 0.15) is 0 Å². The first-order valence-corrected chi connectivity index (χ1v) is 3.69. The zero-order valence-corrected chi connectivity index (χ0v) is 6.54. The molecule has 53 valence electrons. The van der Waals surface area contributed by atoms with Crippen molar-refractivity contribution in [1.29, 1.82) is 0 Å². The fourth-order valence-corrected chi connectivity index (χ4v) is 0.949. The van der Waals surface area contributed by atoms with Gasteiger partial charge in [0.2, 0.25) is 0 Å². The zero-order valence-electron chi connectivity index (χ0n) is 6.54. The average Bonchev–Trinajstić information content (AvgIpc) is 2.05. The van der Waals surface area contributed by atoms with Crippen LogP contribution in [-0.4, -0.2) is 0 Å². The second-order valence-electron chi connectivity index (χ2n) is 2.53. The molecule has 0 amide bonds. The van der Waals surface area contributed by atoms with Crippen molar-refractivity contribution in [2.45, 2.75) is 19.8 Å². The van der Waals surface area contributed by atoms with E-state index in [1.165, 1.54) is 5.56 Å². The van der Waals surface area contributed by atoms with Crippen molar-refractivity contribution >= 4 is 0 Å². The van der Waals surface area contributed by atoms with Gasteiger partial charge in [-0.05, 0) is 17.9 Å². The minimum atomic E-state index is 0.584. The van der Waals surface area contributed by atoms with Crippen molar-refractivity contribution < 1.29 is 0 Å². The molecule has 1 aromatic rings. The van der Waals surface area contributed by atoms with Crippen LogP contribution in [0.3, 0.4) is 0 Å². The summed E-state index contributed by atoms with van der Waals surface area (Å²) in [5.74, 6) is 0.584. The monoisotopic (exact) mass is 133 g/mol. The lowest BCUT2D eigenvalue weighted by Crippen LogP contribution is -1.89. The van der Waals surface area contributed by atoms with Crippen molar-refractivity contribution in [2.24, 2.45) is 0 Å². The first-order valence-electron chi connectivity index (χ1n) is 3.69. The Hall–Kier alpha value is -0.780. The van der Waals surface area contributed by atoms with E-state index in [4.69, 9.17) is 0 Å². The van der Waals surface area contributed by atoms with Crippen LogP contribution in [-0.2, 0) is 0 Å². The summed E-state index contributed by atoms with van der Waals surface area (Å²) >= 11 is 0. The minimum Gasteiger partial charge on any atom is -0.0622 e. The third-order valence-corrected chi connectivity index (χ3v) is 1.83. The summed E-state index contributed by atoms with van der Waals surface area (Å²) in [5.41, 5.74) is 1.39. The maximum absolute atomic E-state index is 2.20. The van der Waals surface area contributed by atoms with Crippen LogP contribution in [0.2, 0.25) is 0 Å². The third kappa shape index (κ3) is 1.60. The van der Waals surface area contributed by atoms with Crippen molar-refractivity contribution in [3.8, 4) is 0 Å². The van der Waals surface area contributed by atoms with E-state index in [-0.39, 0.29) is 0 Å². The number of hydrogen-bond acceptors (Lipinski definition) is 0. The van der Waals surface area contributed by atoms with Gasteiger partial charge in [0.15, 0.2) is 0 Å². The van der Waals surface area contributed by atoms with E-state index in [0.29, 0.717) is 5.92 Å². The van der Waals surface area contributed by atoms with Gasteiger partial charge in [-0.2, -0.15) is 0 Å². The maximum Gasteiger partial charge on any atom is -0.0162 e. The Balaban J connectivity index is 2.75. The average molecular weight is 133 g/mol. The predicted octanol–water partition coefficient (Wildman–Crippen LogP) is 3.01. The Labute approximate surface area is 62.9 Å². The maximum atomic E-state index is 2.20. The highest BCUT2D eigenvalue weighted by molar-refractivity contribution is 5.20. The van der Waals surface area contributed by atoms with Crippen LogP contribution in [0.15, 0.2) is 30.3 Å². The molecule has 0 aliphatic rings. The molecule has 1 aromatic carbocycles. The van der Waals surface area contributed by atoms with Gasteiger partial charge in [0.25, 0.3) is 0 Å². The van der Waals surface area contributed by atoms with E-state index in [0.717, 1.165) is 0 Å². The summed E-state index contributed by atoms with van der Waals surface area (Å²) < 4.78 is 0. The lowest BCUT2D eigenvalue weighted by atomic mass is 9.99. The Morgan fingerprint density at radius 2 is 1.80 bits per heavy atom. The first kappa shape index (κ1) is 7.33. The molecule has 1 rings (SSSR count). The van der Waals surface area contributed by atoms with Crippen LogP contribution >= 0.6 is 0 Å². The van der Waals surface area contributed by atoms with Crippen LogP contribution in [0, 0.1) is 6.42 Å². The molecule has 0 saturated carbocycles. The molecule has 0 spiro atoms. The molecule has 0 saturated heterocycles. The standard InChI is InChI=1S/C10H13/c1-3-9(2)10-7-5-4-6-8-10/h3-9H,1-2H3/t9-/m0/s1. The molecule has 10 heavy (non-hydrogen) atoms. The van der Waals surface area contributed by atoms with Gasteiger partial charge in [-0.1, -0.05) is 44.2 Å². The topological polar surface area (TPSA) is 0 Å². The van der Waals surface area contributed by atoms with Crippen molar-refractivity contribution in [2.75, 3.05) is 0 Å². The van der Waals surface area contributed by atoms with Crippen molar-refractivity contribution in [1.82, 2.24) is 0 Å². The molecule has 0 aliphatic carbocycles. The quantitative estimate of drug-likeness (QED) is 0.581. The van der Waals surface area contributed by atoms with Crippen LogP contribution < -0.4 is 0 Å². The minimum absolute atomic E-state index is 0.584. The lowest BCUT2D eigenvalue weighted by molar-refractivity contribution is 0.887. The summed E-state index contributed by atoms with van der Waals surface area (Å²) in [6.07, 6.45) is 2.20. The van der Waals surface area contributed by atoms with Gasteiger partial charge in [-0.25, -0.2) is 0 Å². The molecular weight excluding hydrogens is 120 g/mol. The number of benzene rings is 1. The Morgan fingerprint density at radius 3 is 2.30 bits per heavy atom. The molecule has 1 radical (unpaired) electrons. The summed E-state index contributed by atoms with van der Waals surface area (Å²) in [7, 11) is 0. The van der Waals surface area contributed by atoms with E-state index >= 15 is 0 Å². The zero-order chi connectivity index (χ0) is 7.40. The molecule has 0 aliphatic heterocycles. The third-order valence-electron chi connectivity index (χ3n) is 1.83. The molecule has 0 aromatic heterocycles. The summed E-state index contributed by atoms with van der Waals surface area (Å²) in [5, 5.41) is 0. The summed E-state index contributed by atoms with van der Waals surface area (Å²) in [4.78, 5) is 0. The highest BCUT2D eigenvalue weighted by atomic mass is 14.0. The number of hydrogen-bond donors (Lipinski definition) is 0. The van der Waals surface area contributed by atoms with Gasteiger partial charge >= 0.3 is 0 Å². The molecule has 0 unspecified atom stereocenters.